The van der Waals surface area contributed by atoms with Crippen LogP contribution in [0.3, 0.4) is 0 Å². The number of anilines is 1. The summed E-state index contributed by atoms with van der Waals surface area (Å²) in [4.78, 5) is 0. The second kappa shape index (κ2) is 6.08. The van der Waals surface area contributed by atoms with Crippen molar-refractivity contribution < 1.29 is 0 Å². The molecule has 0 aromatic heterocycles. The van der Waals surface area contributed by atoms with Crippen molar-refractivity contribution >= 4 is 5.69 Å². The van der Waals surface area contributed by atoms with Gasteiger partial charge in [0.2, 0.25) is 0 Å². The van der Waals surface area contributed by atoms with Crippen molar-refractivity contribution in [2.24, 2.45) is 5.92 Å². The average Bonchev–Trinajstić information content (AvgIpc) is 2.27. The summed E-state index contributed by atoms with van der Waals surface area (Å²) >= 11 is 0. The molecule has 80 valence electrons. The van der Waals surface area contributed by atoms with Gasteiger partial charge in [-0.2, -0.15) is 5.26 Å². The maximum Gasteiger partial charge on any atom is 0.0992 e. The second-order valence-electron chi connectivity index (χ2n) is 3.97. The first kappa shape index (κ1) is 11.6. The Kier molecular flexibility index (Phi) is 4.70. The van der Waals surface area contributed by atoms with Gasteiger partial charge in [0.15, 0.2) is 0 Å². The van der Waals surface area contributed by atoms with Gasteiger partial charge in [-0.1, -0.05) is 26.3 Å². The third-order valence-corrected chi connectivity index (χ3v) is 2.43. The van der Waals surface area contributed by atoms with Crippen molar-refractivity contribution in [3.05, 3.63) is 29.8 Å². The molecule has 1 rings (SSSR count). The van der Waals surface area contributed by atoms with Gasteiger partial charge in [0.1, 0.15) is 0 Å². The summed E-state index contributed by atoms with van der Waals surface area (Å²) in [6.07, 6.45) is 2.46. The van der Waals surface area contributed by atoms with E-state index in [2.05, 4.69) is 25.2 Å². The van der Waals surface area contributed by atoms with Crippen molar-refractivity contribution in [3.63, 3.8) is 0 Å². The summed E-state index contributed by atoms with van der Waals surface area (Å²) in [6.45, 7) is 5.42. The largest absolute Gasteiger partial charge is 0.385 e. The van der Waals surface area contributed by atoms with Gasteiger partial charge in [0.05, 0.1) is 11.6 Å². The van der Waals surface area contributed by atoms with Crippen molar-refractivity contribution in [3.8, 4) is 6.07 Å². The summed E-state index contributed by atoms with van der Waals surface area (Å²) in [6, 6.07) is 9.76. The average molecular weight is 202 g/mol. The van der Waals surface area contributed by atoms with Crippen LogP contribution in [0.25, 0.3) is 0 Å². The molecular weight excluding hydrogens is 184 g/mol. The van der Waals surface area contributed by atoms with Gasteiger partial charge < -0.3 is 5.32 Å². The lowest BCUT2D eigenvalue weighted by molar-refractivity contribution is 0.551. The van der Waals surface area contributed by atoms with Gasteiger partial charge in [0, 0.05) is 12.2 Å². The Balaban J connectivity index is 2.47. The quantitative estimate of drug-likeness (QED) is 0.794. The maximum absolute atomic E-state index is 8.75. The van der Waals surface area contributed by atoms with Gasteiger partial charge in [-0.15, -0.1) is 0 Å². The molecule has 15 heavy (non-hydrogen) atoms. The van der Waals surface area contributed by atoms with Crippen molar-refractivity contribution in [1.82, 2.24) is 0 Å². The summed E-state index contributed by atoms with van der Waals surface area (Å²) in [5, 5.41) is 12.1. The molecule has 1 N–H and O–H groups in total. The first-order chi connectivity index (χ1) is 7.26. The van der Waals surface area contributed by atoms with Crippen LogP contribution >= 0.6 is 0 Å². The summed E-state index contributed by atoms with van der Waals surface area (Å²) in [5.74, 6) is 0.681. The normalized spacial score (nSPS) is 11.8. The number of hydrogen-bond donors (Lipinski definition) is 1. The molecule has 0 saturated carbocycles. The fraction of sp³-hybridized carbons (Fsp3) is 0.462. The topological polar surface area (TPSA) is 35.8 Å². The van der Waals surface area contributed by atoms with E-state index >= 15 is 0 Å². The summed E-state index contributed by atoms with van der Waals surface area (Å²) in [5.41, 5.74) is 1.75. The third kappa shape index (κ3) is 4.03. The molecule has 0 aliphatic rings. The molecule has 0 bridgehead atoms. The number of rotatable bonds is 5. The minimum absolute atomic E-state index is 0.681. The molecule has 2 heteroatoms. The van der Waals surface area contributed by atoms with E-state index in [1.165, 1.54) is 12.8 Å². The van der Waals surface area contributed by atoms with E-state index in [0.717, 1.165) is 12.2 Å². The fourth-order valence-corrected chi connectivity index (χ4v) is 1.59. The molecule has 1 aromatic rings. The van der Waals surface area contributed by atoms with E-state index in [1.54, 1.807) is 0 Å². The Labute approximate surface area is 91.9 Å². The summed E-state index contributed by atoms with van der Waals surface area (Å²) < 4.78 is 0. The molecule has 0 heterocycles. The van der Waals surface area contributed by atoms with Gasteiger partial charge in [-0.3, -0.25) is 0 Å². The maximum atomic E-state index is 8.75. The lowest BCUT2D eigenvalue weighted by atomic mass is 10.1. The molecule has 2 nitrogen and oxygen atoms in total. The van der Waals surface area contributed by atoms with Crippen molar-refractivity contribution in [2.45, 2.75) is 26.7 Å². The molecule has 0 amide bonds. The first-order valence-electron chi connectivity index (χ1n) is 5.50. The SMILES string of the molecule is CCC[C@H](C)CNc1cccc(C#N)c1. The van der Waals surface area contributed by atoms with Gasteiger partial charge in [-0.25, -0.2) is 0 Å². The van der Waals surface area contributed by atoms with Crippen LogP contribution in [0.4, 0.5) is 5.69 Å². The van der Waals surface area contributed by atoms with Crippen LogP contribution in [0.2, 0.25) is 0 Å². The zero-order chi connectivity index (χ0) is 11.1. The van der Waals surface area contributed by atoms with Crippen LogP contribution in [-0.4, -0.2) is 6.54 Å². The predicted octanol–water partition coefficient (Wildman–Crippen LogP) is 3.41. The second-order valence-corrected chi connectivity index (χ2v) is 3.97. The monoisotopic (exact) mass is 202 g/mol. The Morgan fingerprint density at radius 1 is 1.47 bits per heavy atom. The predicted molar refractivity (Wildman–Crippen MR) is 63.7 cm³/mol. The molecule has 0 spiro atoms. The summed E-state index contributed by atoms with van der Waals surface area (Å²) in [7, 11) is 0. The molecular formula is C13H18N2. The van der Waals surface area contributed by atoms with E-state index in [0.29, 0.717) is 11.5 Å². The highest BCUT2D eigenvalue weighted by atomic mass is 14.9. The zero-order valence-corrected chi connectivity index (χ0v) is 9.46. The molecule has 0 aliphatic carbocycles. The van der Waals surface area contributed by atoms with Crippen molar-refractivity contribution in [1.29, 1.82) is 5.26 Å². The van der Waals surface area contributed by atoms with E-state index in [-0.39, 0.29) is 0 Å². The number of benzene rings is 1. The van der Waals surface area contributed by atoms with Crippen LogP contribution in [0.5, 0.6) is 0 Å². The smallest absolute Gasteiger partial charge is 0.0992 e. The Hall–Kier alpha value is -1.49. The number of nitrogens with zero attached hydrogens (tertiary/aromatic N) is 1. The first-order valence-corrected chi connectivity index (χ1v) is 5.50. The zero-order valence-electron chi connectivity index (χ0n) is 9.46. The lowest BCUT2D eigenvalue weighted by Crippen LogP contribution is -2.10. The van der Waals surface area contributed by atoms with Gasteiger partial charge in [-0.05, 0) is 30.5 Å². The van der Waals surface area contributed by atoms with E-state index in [4.69, 9.17) is 5.26 Å². The number of nitrogens with one attached hydrogen (secondary N) is 1. The Bertz CT molecular complexity index is 339. The van der Waals surface area contributed by atoms with Crippen LogP contribution < -0.4 is 5.32 Å². The molecule has 0 saturated heterocycles. The van der Waals surface area contributed by atoms with Crippen LogP contribution in [0, 0.1) is 17.2 Å². The minimum atomic E-state index is 0.681. The molecule has 1 atom stereocenters. The molecule has 0 radical (unpaired) electrons. The number of nitriles is 1. The van der Waals surface area contributed by atoms with Gasteiger partial charge >= 0.3 is 0 Å². The number of hydrogen-bond acceptors (Lipinski definition) is 2. The molecule has 0 unspecified atom stereocenters. The molecule has 0 aliphatic heterocycles. The standard InChI is InChI=1S/C13H18N2/c1-3-5-11(2)10-15-13-7-4-6-12(8-13)9-14/h4,6-8,11,15H,3,5,10H2,1-2H3/t11-/m0/s1. The molecule has 0 fully saturated rings. The van der Waals surface area contributed by atoms with E-state index in [9.17, 15) is 0 Å². The minimum Gasteiger partial charge on any atom is -0.385 e. The van der Waals surface area contributed by atoms with Gasteiger partial charge in [0.25, 0.3) is 0 Å². The highest BCUT2D eigenvalue weighted by molar-refractivity contribution is 5.49. The molecule has 1 aromatic carbocycles. The Morgan fingerprint density at radius 3 is 2.93 bits per heavy atom. The third-order valence-electron chi connectivity index (χ3n) is 2.43. The van der Waals surface area contributed by atoms with E-state index in [1.807, 2.05) is 24.3 Å². The van der Waals surface area contributed by atoms with Crippen LogP contribution in [-0.2, 0) is 0 Å². The Morgan fingerprint density at radius 2 is 2.27 bits per heavy atom. The van der Waals surface area contributed by atoms with E-state index < -0.39 is 0 Å². The lowest BCUT2D eigenvalue weighted by Gasteiger charge is -2.12. The highest BCUT2D eigenvalue weighted by Gasteiger charge is 2.00. The van der Waals surface area contributed by atoms with Crippen LogP contribution in [0.1, 0.15) is 32.3 Å². The fourth-order valence-electron chi connectivity index (χ4n) is 1.59. The van der Waals surface area contributed by atoms with Crippen molar-refractivity contribution in [2.75, 3.05) is 11.9 Å². The highest BCUT2D eigenvalue weighted by Crippen LogP contribution is 2.12. The van der Waals surface area contributed by atoms with Crippen LogP contribution in [0.15, 0.2) is 24.3 Å².